The van der Waals surface area contributed by atoms with Crippen LogP contribution in [0.15, 0.2) is 29.2 Å². The van der Waals surface area contributed by atoms with Crippen LogP contribution in [-0.2, 0) is 10.1 Å². The van der Waals surface area contributed by atoms with Crippen LogP contribution in [0.2, 0.25) is 0 Å². The summed E-state index contributed by atoms with van der Waals surface area (Å²) in [7, 11) is -4.14. The molecular formula is C18H31NO3S. The minimum Gasteiger partial charge on any atom is -0.372 e. The number of hydrogen-bond donors (Lipinski definition) is 1. The van der Waals surface area contributed by atoms with Crippen molar-refractivity contribution in [2.45, 2.75) is 70.1 Å². The second-order valence-corrected chi connectivity index (χ2v) is 7.50. The Balaban J connectivity index is 2.76. The molecule has 0 amide bonds. The lowest BCUT2D eigenvalue weighted by molar-refractivity contribution is 0.483. The molecule has 1 rings (SSSR count). The predicted molar refractivity (Wildman–Crippen MR) is 96.8 cm³/mol. The van der Waals surface area contributed by atoms with Crippen molar-refractivity contribution in [2.75, 3.05) is 18.0 Å². The van der Waals surface area contributed by atoms with Crippen LogP contribution < -0.4 is 4.90 Å². The Morgan fingerprint density at radius 3 is 1.96 bits per heavy atom. The summed E-state index contributed by atoms with van der Waals surface area (Å²) in [4.78, 5) is 2.22. The Labute approximate surface area is 141 Å². The molecule has 0 bridgehead atoms. The van der Waals surface area contributed by atoms with E-state index in [4.69, 9.17) is 0 Å². The molecule has 0 fully saturated rings. The predicted octanol–water partition coefficient (Wildman–Crippen LogP) is 4.90. The highest BCUT2D eigenvalue weighted by Crippen LogP contribution is 2.21. The molecule has 0 spiro atoms. The molecule has 4 nitrogen and oxygen atoms in total. The molecule has 0 radical (unpaired) electrons. The highest BCUT2D eigenvalue weighted by Gasteiger charge is 2.13. The summed E-state index contributed by atoms with van der Waals surface area (Å²) >= 11 is 0. The van der Waals surface area contributed by atoms with Crippen molar-refractivity contribution in [3.05, 3.63) is 24.3 Å². The zero-order valence-corrected chi connectivity index (χ0v) is 15.3. The number of hydrogen-bond acceptors (Lipinski definition) is 3. The fourth-order valence-electron chi connectivity index (χ4n) is 2.67. The van der Waals surface area contributed by atoms with E-state index >= 15 is 0 Å². The summed E-state index contributed by atoms with van der Waals surface area (Å²) in [5.41, 5.74) is 0.883. The van der Waals surface area contributed by atoms with E-state index in [0.717, 1.165) is 31.6 Å². The van der Waals surface area contributed by atoms with Gasteiger partial charge in [0.05, 0.1) is 4.90 Å². The third-order valence-corrected chi connectivity index (χ3v) is 4.89. The summed E-state index contributed by atoms with van der Waals surface area (Å²) in [6.45, 7) is 6.25. The van der Waals surface area contributed by atoms with Gasteiger partial charge in [0.2, 0.25) is 0 Å². The van der Waals surface area contributed by atoms with Crippen molar-refractivity contribution >= 4 is 15.8 Å². The second kappa shape index (κ2) is 10.7. The maximum atomic E-state index is 11.3. The minimum absolute atomic E-state index is 0.0258. The van der Waals surface area contributed by atoms with Crippen LogP contribution in [0.4, 0.5) is 5.69 Å². The molecule has 1 aromatic rings. The largest absolute Gasteiger partial charge is 0.372 e. The lowest BCUT2D eigenvalue weighted by Crippen LogP contribution is -2.26. The van der Waals surface area contributed by atoms with Gasteiger partial charge in [-0.2, -0.15) is 8.42 Å². The van der Waals surface area contributed by atoms with Gasteiger partial charge in [-0.25, -0.2) is 0 Å². The molecule has 1 N–H and O–H groups in total. The van der Waals surface area contributed by atoms with E-state index in [2.05, 4.69) is 18.7 Å². The molecule has 0 heterocycles. The SMILES string of the molecule is CCCCCCN(CCCCCC)c1cccc(S(=O)(=O)O)c1. The van der Waals surface area contributed by atoms with Crippen LogP contribution in [0.5, 0.6) is 0 Å². The Morgan fingerprint density at radius 2 is 1.48 bits per heavy atom. The maximum Gasteiger partial charge on any atom is 0.294 e. The fourth-order valence-corrected chi connectivity index (χ4v) is 3.19. The summed E-state index contributed by atoms with van der Waals surface area (Å²) in [6.07, 6.45) is 9.47. The molecule has 0 aliphatic rings. The molecule has 0 unspecified atom stereocenters. The normalized spacial score (nSPS) is 11.6. The van der Waals surface area contributed by atoms with Crippen LogP contribution in [-0.4, -0.2) is 26.1 Å². The smallest absolute Gasteiger partial charge is 0.294 e. The monoisotopic (exact) mass is 341 g/mol. The van der Waals surface area contributed by atoms with Gasteiger partial charge >= 0.3 is 0 Å². The Bertz CT molecular complexity index is 531. The third kappa shape index (κ3) is 7.84. The minimum atomic E-state index is -4.14. The van der Waals surface area contributed by atoms with Gasteiger partial charge in [0.15, 0.2) is 0 Å². The number of nitrogens with zero attached hydrogens (tertiary/aromatic N) is 1. The lowest BCUT2D eigenvalue weighted by Gasteiger charge is -2.25. The van der Waals surface area contributed by atoms with Crippen LogP contribution in [0.1, 0.15) is 65.2 Å². The van der Waals surface area contributed by atoms with Gasteiger partial charge in [-0.3, -0.25) is 4.55 Å². The molecule has 5 heteroatoms. The highest BCUT2D eigenvalue weighted by atomic mass is 32.2. The van der Waals surface area contributed by atoms with Crippen molar-refractivity contribution in [1.29, 1.82) is 0 Å². The van der Waals surface area contributed by atoms with Gasteiger partial charge in [-0.05, 0) is 31.0 Å². The molecule has 0 aliphatic carbocycles. The first-order chi connectivity index (χ1) is 11.0. The van der Waals surface area contributed by atoms with Crippen molar-refractivity contribution in [3.8, 4) is 0 Å². The topological polar surface area (TPSA) is 57.6 Å². The molecule has 0 aliphatic heterocycles. The van der Waals surface area contributed by atoms with Gasteiger partial charge in [-0.15, -0.1) is 0 Å². The Morgan fingerprint density at radius 1 is 0.913 bits per heavy atom. The van der Waals surface area contributed by atoms with E-state index in [0.29, 0.717) is 0 Å². The molecule has 1 aromatic carbocycles. The molecule has 0 aromatic heterocycles. The summed E-state index contributed by atoms with van der Waals surface area (Å²) in [6, 6.07) is 6.64. The highest BCUT2D eigenvalue weighted by molar-refractivity contribution is 7.85. The first-order valence-electron chi connectivity index (χ1n) is 8.81. The van der Waals surface area contributed by atoms with Crippen molar-refractivity contribution in [3.63, 3.8) is 0 Å². The van der Waals surface area contributed by atoms with Gasteiger partial charge < -0.3 is 4.90 Å². The zero-order valence-electron chi connectivity index (χ0n) is 14.5. The number of anilines is 1. The average Bonchev–Trinajstić information content (AvgIpc) is 2.53. The molecule has 0 saturated carbocycles. The molecular weight excluding hydrogens is 310 g/mol. The first-order valence-corrected chi connectivity index (χ1v) is 10.3. The lowest BCUT2D eigenvalue weighted by atomic mass is 10.1. The van der Waals surface area contributed by atoms with E-state index in [-0.39, 0.29) is 4.90 Å². The van der Waals surface area contributed by atoms with E-state index in [9.17, 15) is 13.0 Å². The number of benzene rings is 1. The third-order valence-electron chi connectivity index (χ3n) is 4.04. The summed E-state index contributed by atoms with van der Waals surface area (Å²) < 4.78 is 31.9. The molecule has 132 valence electrons. The molecule has 23 heavy (non-hydrogen) atoms. The average molecular weight is 342 g/mol. The second-order valence-electron chi connectivity index (χ2n) is 6.08. The van der Waals surface area contributed by atoms with Gasteiger partial charge in [0, 0.05) is 18.8 Å². The van der Waals surface area contributed by atoms with Gasteiger partial charge in [0.1, 0.15) is 0 Å². The summed E-state index contributed by atoms with van der Waals surface area (Å²) in [5, 5.41) is 0. The molecule has 0 atom stereocenters. The maximum absolute atomic E-state index is 11.3. The van der Waals surface area contributed by atoms with Crippen molar-refractivity contribution in [1.82, 2.24) is 0 Å². The standard InChI is InChI=1S/C18H31NO3S/c1-3-5-7-9-14-19(15-10-8-6-4-2)17-12-11-13-18(16-17)23(20,21)22/h11-13,16H,3-10,14-15H2,1-2H3,(H,20,21,22). The van der Waals surface area contributed by atoms with E-state index < -0.39 is 10.1 Å². The van der Waals surface area contributed by atoms with Crippen LogP contribution in [0.25, 0.3) is 0 Å². The van der Waals surface area contributed by atoms with E-state index in [1.54, 1.807) is 12.1 Å². The van der Waals surface area contributed by atoms with E-state index in [1.807, 2.05) is 6.07 Å². The first kappa shape index (κ1) is 20.0. The van der Waals surface area contributed by atoms with Crippen LogP contribution in [0, 0.1) is 0 Å². The Kier molecular flexibility index (Phi) is 9.26. The molecule has 0 saturated heterocycles. The van der Waals surface area contributed by atoms with Crippen molar-refractivity contribution < 1.29 is 13.0 Å². The van der Waals surface area contributed by atoms with E-state index in [1.165, 1.54) is 44.6 Å². The summed E-state index contributed by atoms with van der Waals surface area (Å²) in [5.74, 6) is 0. The number of rotatable bonds is 12. The van der Waals surface area contributed by atoms with Gasteiger partial charge in [0.25, 0.3) is 10.1 Å². The van der Waals surface area contributed by atoms with Crippen LogP contribution in [0.3, 0.4) is 0 Å². The quantitative estimate of drug-likeness (QED) is 0.434. The number of unbranched alkanes of at least 4 members (excludes halogenated alkanes) is 6. The van der Waals surface area contributed by atoms with Gasteiger partial charge in [-0.1, -0.05) is 58.4 Å². The van der Waals surface area contributed by atoms with Crippen molar-refractivity contribution in [2.24, 2.45) is 0 Å². The van der Waals surface area contributed by atoms with Crippen LogP contribution >= 0.6 is 0 Å². The fraction of sp³-hybridized carbons (Fsp3) is 0.667. The Hall–Kier alpha value is -1.07. The zero-order chi connectivity index (χ0) is 17.1.